The summed E-state index contributed by atoms with van der Waals surface area (Å²) in [5.41, 5.74) is 1.72. The van der Waals surface area contributed by atoms with Crippen molar-refractivity contribution in [1.29, 1.82) is 0 Å². The largest absolute Gasteiger partial charge is 0.377 e. The maximum absolute atomic E-state index is 14.1. The number of rotatable bonds is 6. The number of benzene rings is 1. The van der Waals surface area contributed by atoms with Crippen LogP contribution in [-0.2, 0) is 17.8 Å². The first-order valence-corrected chi connectivity index (χ1v) is 9.23. The number of para-hydroxylation sites is 1. The third-order valence-corrected chi connectivity index (χ3v) is 4.86. The summed E-state index contributed by atoms with van der Waals surface area (Å²) in [6, 6.07) is 11.9. The van der Waals surface area contributed by atoms with E-state index in [1.165, 1.54) is 6.07 Å². The van der Waals surface area contributed by atoms with Crippen LogP contribution in [0.25, 0.3) is 10.9 Å². The van der Waals surface area contributed by atoms with Crippen molar-refractivity contribution in [2.75, 3.05) is 13.2 Å². The summed E-state index contributed by atoms with van der Waals surface area (Å²) in [6.07, 6.45) is 4.05. The third kappa shape index (κ3) is 4.23. The molecule has 2 aromatic heterocycles. The minimum absolute atomic E-state index is 0.173. The van der Waals surface area contributed by atoms with E-state index in [0.717, 1.165) is 31.7 Å². The van der Waals surface area contributed by atoms with Gasteiger partial charge in [0.15, 0.2) is 5.43 Å². The first kappa shape index (κ1) is 17.8. The summed E-state index contributed by atoms with van der Waals surface area (Å²) in [6.45, 7) is 2.67. The van der Waals surface area contributed by atoms with Gasteiger partial charge in [-0.2, -0.15) is 0 Å². The highest BCUT2D eigenvalue weighted by atomic mass is 19.1. The predicted molar refractivity (Wildman–Crippen MR) is 102 cm³/mol. The fraction of sp³-hybridized carbons (Fsp3) is 0.333. The summed E-state index contributed by atoms with van der Waals surface area (Å²) < 4.78 is 19.9. The average molecular weight is 367 g/mol. The van der Waals surface area contributed by atoms with Crippen LogP contribution in [0.3, 0.4) is 0 Å². The lowest BCUT2D eigenvalue weighted by atomic mass is 10.1. The molecular formula is C21H22FN3O2. The Morgan fingerprint density at radius 2 is 2.15 bits per heavy atom. The Morgan fingerprint density at radius 3 is 2.93 bits per heavy atom. The number of hydrogen-bond donors (Lipinski definition) is 1. The van der Waals surface area contributed by atoms with E-state index in [-0.39, 0.29) is 17.0 Å². The Labute approximate surface area is 156 Å². The number of fused-ring (bicyclic) bond motifs is 1. The van der Waals surface area contributed by atoms with E-state index < -0.39 is 5.82 Å². The fourth-order valence-electron chi connectivity index (χ4n) is 3.60. The van der Waals surface area contributed by atoms with E-state index in [2.05, 4.69) is 14.9 Å². The summed E-state index contributed by atoms with van der Waals surface area (Å²) in [5, 5.41) is 0.370. The molecule has 1 saturated heterocycles. The van der Waals surface area contributed by atoms with Gasteiger partial charge in [-0.05, 0) is 37.1 Å². The van der Waals surface area contributed by atoms with Gasteiger partial charge < -0.3 is 9.72 Å². The van der Waals surface area contributed by atoms with E-state index in [1.807, 2.05) is 18.2 Å². The van der Waals surface area contributed by atoms with Gasteiger partial charge in [0.2, 0.25) is 0 Å². The van der Waals surface area contributed by atoms with Crippen LogP contribution in [0.2, 0.25) is 0 Å². The molecule has 1 unspecified atom stereocenters. The van der Waals surface area contributed by atoms with Crippen molar-refractivity contribution in [1.82, 2.24) is 14.9 Å². The monoisotopic (exact) mass is 367 g/mol. The van der Waals surface area contributed by atoms with E-state index >= 15 is 0 Å². The zero-order valence-corrected chi connectivity index (χ0v) is 15.0. The molecule has 0 saturated carbocycles. The average Bonchev–Trinajstić information content (AvgIpc) is 3.16. The molecule has 0 radical (unpaired) electrons. The second-order valence-electron chi connectivity index (χ2n) is 6.95. The Bertz CT molecular complexity index is 968. The van der Waals surface area contributed by atoms with E-state index in [1.54, 1.807) is 24.4 Å². The summed E-state index contributed by atoms with van der Waals surface area (Å²) in [7, 11) is 0. The molecule has 0 spiro atoms. The Balaban J connectivity index is 1.61. The number of nitrogens with one attached hydrogen (secondary N) is 1. The predicted octanol–water partition coefficient (Wildman–Crippen LogP) is 3.24. The lowest BCUT2D eigenvalue weighted by Crippen LogP contribution is -2.32. The second-order valence-corrected chi connectivity index (χ2v) is 6.95. The first-order valence-electron chi connectivity index (χ1n) is 9.23. The third-order valence-electron chi connectivity index (χ3n) is 4.86. The van der Waals surface area contributed by atoms with Crippen LogP contribution in [0, 0.1) is 5.82 Å². The van der Waals surface area contributed by atoms with Gasteiger partial charge in [-0.25, -0.2) is 4.39 Å². The van der Waals surface area contributed by atoms with Gasteiger partial charge in [0.25, 0.3) is 0 Å². The van der Waals surface area contributed by atoms with Crippen LogP contribution in [0.1, 0.15) is 24.2 Å². The summed E-state index contributed by atoms with van der Waals surface area (Å²) in [4.78, 5) is 22.1. The molecule has 1 aliphatic rings. The van der Waals surface area contributed by atoms with Crippen molar-refractivity contribution >= 4 is 10.9 Å². The summed E-state index contributed by atoms with van der Waals surface area (Å²) >= 11 is 0. The molecule has 0 aliphatic carbocycles. The van der Waals surface area contributed by atoms with Crippen molar-refractivity contribution < 1.29 is 9.13 Å². The molecule has 0 bridgehead atoms. The molecule has 4 rings (SSSR count). The molecule has 6 heteroatoms. The van der Waals surface area contributed by atoms with Crippen LogP contribution in [0.15, 0.2) is 53.5 Å². The minimum Gasteiger partial charge on any atom is -0.377 e. The number of nitrogens with zero attached hydrogens (tertiary/aromatic N) is 2. The molecule has 3 aromatic rings. The number of H-pyrrole nitrogens is 1. The molecule has 140 valence electrons. The van der Waals surface area contributed by atoms with Gasteiger partial charge >= 0.3 is 0 Å². The van der Waals surface area contributed by atoms with Crippen molar-refractivity contribution in [3.05, 3.63) is 76.1 Å². The normalized spacial score (nSPS) is 17.0. The highest BCUT2D eigenvalue weighted by Crippen LogP contribution is 2.18. The quantitative estimate of drug-likeness (QED) is 0.727. The minimum atomic E-state index is -0.415. The van der Waals surface area contributed by atoms with E-state index in [4.69, 9.17) is 4.74 Å². The molecular weight excluding hydrogens is 345 g/mol. The topological polar surface area (TPSA) is 58.2 Å². The highest BCUT2D eigenvalue weighted by molar-refractivity contribution is 5.78. The Hall–Kier alpha value is -2.57. The Morgan fingerprint density at radius 1 is 1.22 bits per heavy atom. The van der Waals surface area contributed by atoms with E-state index in [9.17, 15) is 9.18 Å². The number of halogens is 1. The van der Waals surface area contributed by atoms with Gasteiger partial charge in [-0.15, -0.1) is 0 Å². The SMILES string of the molecule is O=c1cc(CN(Cc2ccccn2)CC2CCCO2)[nH]c2c(F)cccc12. The zero-order valence-electron chi connectivity index (χ0n) is 15.0. The number of ether oxygens (including phenoxy) is 1. The molecule has 0 amide bonds. The van der Waals surface area contributed by atoms with Crippen molar-refractivity contribution in [3.8, 4) is 0 Å². The standard InChI is InChI=1S/C21H22FN3O2/c22-19-8-3-7-18-20(26)11-16(24-21(18)19)13-25(14-17-6-4-10-27-17)12-15-5-1-2-9-23-15/h1-3,5,7-9,11,17H,4,6,10,12-14H2,(H,24,26). The molecule has 1 N–H and O–H groups in total. The molecule has 27 heavy (non-hydrogen) atoms. The number of hydrogen-bond acceptors (Lipinski definition) is 4. The number of aromatic nitrogens is 2. The number of aromatic amines is 1. The van der Waals surface area contributed by atoms with Gasteiger partial charge in [0, 0.05) is 49.6 Å². The maximum atomic E-state index is 14.1. The van der Waals surface area contributed by atoms with Crippen LogP contribution in [-0.4, -0.2) is 34.1 Å². The lowest BCUT2D eigenvalue weighted by Gasteiger charge is -2.25. The molecule has 5 nitrogen and oxygen atoms in total. The van der Waals surface area contributed by atoms with Gasteiger partial charge in [-0.3, -0.25) is 14.7 Å². The Kier molecular flexibility index (Phi) is 5.27. The van der Waals surface area contributed by atoms with Crippen LogP contribution in [0.4, 0.5) is 4.39 Å². The van der Waals surface area contributed by atoms with Gasteiger partial charge in [-0.1, -0.05) is 12.1 Å². The van der Waals surface area contributed by atoms with Crippen molar-refractivity contribution in [2.45, 2.75) is 32.0 Å². The maximum Gasteiger partial charge on any atom is 0.189 e. The molecule has 1 aromatic carbocycles. The fourth-order valence-corrected chi connectivity index (χ4v) is 3.60. The van der Waals surface area contributed by atoms with Crippen LogP contribution < -0.4 is 5.43 Å². The first-order chi connectivity index (χ1) is 13.2. The van der Waals surface area contributed by atoms with E-state index in [0.29, 0.717) is 24.2 Å². The highest BCUT2D eigenvalue weighted by Gasteiger charge is 2.20. The van der Waals surface area contributed by atoms with Gasteiger partial charge in [0.05, 0.1) is 17.3 Å². The van der Waals surface area contributed by atoms with Crippen LogP contribution >= 0.6 is 0 Å². The van der Waals surface area contributed by atoms with Crippen molar-refractivity contribution in [3.63, 3.8) is 0 Å². The second kappa shape index (κ2) is 7.98. The summed E-state index contributed by atoms with van der Waals surface area (Å²) in [5.74, 6) is -0.415. The smallest absolute Gasteiger partial charge is 0.189 e. The van der Waals surface area contributed by atoms with Gasteiger partial charge in [0.1, 0.15) is 5.82 Å². The number of pyridine rings is 2. The lowest BCUT2D eigenvalue weighted by molar-refractivity contribution is 0.0670. The zero-order chi connectivity index (χ0) is 18.6. The molecule has 1 fully saturated rings. The molecule has 1 atom stereocenters. The van der Waals surface area contributed by atoms with Crippen molar-refractivity contribution in [2.24, 2.45) is 0 Å². The molecule has 1 aliphatic heterocycles. The molecule has 3 heterocycles. The van der Waals surface area contributed by atoms with Crippen LogP contribution in [0.5, 0.6) is 0 Å².